The molecule has 148 valence electrons. The van der Waals surface area contributed by atoms with Crippen molar-refractivity contribution < 1.29 is 28.6 Å². The first kappa shape index (κ1) is 20.8. The highest BCUT2D eigenvalue weighted by Crippen LogP contribution is 2.29. The lowest BCUT2D eigenvalue weighted by molar-refractivity contribution is -0.122. The summed E-state index contributed by atoms with van der Waals surface area (Å²) in [5.41, 5.74) is 1.50. The SMILES string of the molecule is COC(=O)c1ccc(O[C@@H](C)C(=O)Nc2ccc(NC(C)=O)cc2)c(OC)c1. The first-order valence-corrected chi connectivity index (χ1v) is 8.45. The van der Waals surface area contributed by atoms with E-state index in [1.807, 2.05) is 0 Å². The maximum atomic E-state index is 12.4. The molecule has 0 saturated heterocycles. The second-order valence-electron chi connectivity index (χ2n) is 5.87. The van der Waals surface area contributed by atoms with Gasteiger partial charge in [-0.1, -0.05) is 0 Å². The number of ether oxygens (including phenoxy) is 3. The smallest absolute Gasteiger partial charge is 0.337 e. The lowest BCUT2D eigenvalue weighted by atomic mass is 10.2. The molecule has 0 aromatic heterocycles. The first-order valence-electron chi connectivity index (χ1n) is 8.45. The number of hydrogen-bond acceptors (Lipinski definition) is 6. The molecule has 0 radical (unpaired) electrons. The number of methoxy groups -OCH3 is 2. The predicted octanol–water partition coefficient (Wildman–Crippen LogP) is 2.85. The Hall–Kier alpha value is -3.55. The van der Waals surface area contributed by atoms with Crippen LogP contribution in [0.1, 0.15) is 24.2 Å². The molecule has 0 bridgehead atoms. The summed E-state index contributed by atoms with van der Waals surface area (Å²) < 4.78 is 15.6. The molecule has 0 unspecified atom stereocenters. The average molecular weight is 386 g/mol. The monoisotopic (exact) mass is 386 g/mol. The summed E-state index contributed by atoms with van der Waals surface area (Å²) in [6, 6.07) is 11.2. The molecule has 2 aromatic carbocycles. The van der Waals surface area contributed by atoms with Crippen LogP contribution in [0.3, 0.4) is 0 Å². The van der Waals surface area contributed by atoms with Crippen molar-refractivity contribution in [2.75, 3.05) is 24.9 Å². The van der Waals surface area contributed by atoms with E-state index in [-0.39, 0.29) is 11.8 Å². The number of rotatable bonds is 7. The molecule has 0 saturated carbocycles. The molecule has 2 aromatic rings. The summed E-state index contributed by atoms with van der Waals surface area (Å²) in [5, 5.41) is 5.37. The summed E-state index contributed by atoms with van der Waals surface area (Å²) in [6.07, 6.45) is -0.826. The van der Waals surface area contributed by atoms with Crippen LogP contribution in [0.2, 0.25) is 0 Å². The van der Waals surface area contributed by atoms with Crippen molar-refractivity contribution in [3.05, 3.63) is 48.0 Å². The van der Waals surface area contributed by atoms with Gasteiger partial charge in [0.1, 0.15) is 0 Å². The number of hydrogen-bond donors (Lipinski definition) is 2. The van der Waals surface area contributed by atoms with Crippen LogP contribution < -0.4 is 20.1 Å². The number of carbonyl (C=O) groups excluding carboxylic acids is 3. The fraction of sp³-hybridized carbons (Fsp3) is 0.250. The predicted molar refractivity (Wildman–Crippen MR) is 104 cm³/mol. The summed E-state index contributed by atoms with van der Waals surface area (Å²) >= 11 is 0. The zero-order chi connectivity index (χ0) is 20.7. The van der Waals surface area contributed by atoms with E-state index in [0.717, 1.165) is 0 Å². The van der Waals surface area contributed by atoms with E-state index in [2.05, 4.69) is 15.4 Å². The molecule has 2 N–H and O–H groups in total. The number of esters is 1. The lowest BCUT2D eigenvalue weighted by Crippen LogP contribution is -2.30. The van der Waals surface area contributed by atoms with Gasteiger partial charge in [-0.25, -0.2) is 4.79 Å². The van der Waals surface area contributed by atoms with E-state index in [1.165, 1.54) is 39.3 Å². The molecule has 2 amide bonds. The van der Waals surface area contributed by atoms with Gasteiger partial charge >= 0.3 is 5.97 Å². The highest BCUT2D eigenvalue weighted by molar-refractivity contribution is 5.95. The zero-order valence-corrected chi connectivity index (χ0v) is 16.1. The quantitative estimate of drug-likeness (QED) is 0.710. The van der Waals surface area contributed by atoms with Crippen LogP contribution >= 0.6 is 0 Å². The van der Waals surface area contributed by atoms with Crippen LogP contribution in [0.5, 0.6) is 11.5 Å². The molecule has 1 atom stereocenters. The number of anilines is 2. The van der Waals surface area contributed by atoms with E-state index >= 15 is 0 Å². The third-order valence-electron chi connectivity index (χ3n) is 3.73. The van der Waals surface area contributed by atoms with Crippen LogP contribution in [0.25, 0.3) is 0 Å². The highest BCUT2D eigenvalue weighted by atomic mass is 16.5. The second-order valence-corrected chi connectivity index (χ2v) is 5.87. The topological polar surface area (TPSA) is 103 Å². The fourth-order valence-corrected chi connectivity index (χ4v) is 2.34. The number of carbonyl (C=O) groups is 3. The van der Waals surface area contributed by atoms with Gasteiger partial charge in [0, 0.05) is 18.3 Å². The first-order chi connectivity index (χ1) is 13.3. The third-order valence-corrected chi connectivity index (χ3v) is 3.73. The molecule has 8 nitrogen and oxygen atoms in total. The third kappa shape index (κ3) is 5.47. The molecule has 0 aliphatic rings. The Morgan fingerprint density at radius 1 is 0.893 bits per heavy atom. The van der Waals surface area contributed by atoms with Crippen molar-refractivity contribution in [1.29, 1.82) is 0 Å². The van der Waals surface area contributed by atoms with E-state index in [0.29, 0.717) is 28.4 Å². The van der Waals surface area contributed by atoms with Crippen molar-refractivity contribution >= 4 is 29.2 Å². The van der Waals surface area contributed by atoms with Crippen molar-refractivity contribution in [1.82, 2.24) is 0 Å². The fourth-order valence-electron chi connectivity index (χ4n) is 2.34. The maximum absolute atomic E-state index is 12.4. The number of benzene rings is 2. The van der Waals surface area contributed by atoms with Gasteiger partial charge in [0.05, 0.1) is 19.8 Å². The average Bonchev–Trinajstić information content (AvgIpc) is 2.68. The molecule has 0 aliphatic heterocycles. The molecule has 0 heterocycles. The van der Waals surface area contributed by atoms with Crippen LogP contribution in [-0.4, -0.2) is 38.1 Å². The summed E-state index contributed by atoms with van der Waals surface area (Å²) in [6.45, 7) is 3.01. The van der Waals surface area contributed by atoms with E-state index in [4.69, 9.17) is 9.47 Å². The van der Waals surface area contributed by atoms with Crippen molar-refractivity contribution in [2.24, 2.45) is 0 Å². The van der Waals surface area contributed by atoms with E-state index in [1.54, 1.807) is 31.2 Å². The van der Waals surface area contributed by atoms with Gasteiger partial charge < -0.3 is 24.8 Å². The largest absolute Gasteiger partial charge is 0.493 e. The van der Waals surface area contributed by atoms with Gasteiger partial charge in [-0.15, -0.1) is 0 Å². The highest BCUT2D eigenvalue weighted by Gasteiger charge is 2.18. The Morgan fingerprint density at radius 2 is 1.50 bits per heavy atom. The summed E-state index contributed by atoms with van der Waals surface area (Å²) in [5.74, 6) is -0.420. The van der Waals surface area contributed by atoms with Crippen LogP contribution in [0.15, 0.2) is 42.5 Å². The Bertz CT molecular complexity index is 863. The van der Waals surface area contributed by atoms with Crippen molar-refractivity contribution in [3.63, 3.8) is 0 Å². The standard InChI is InChI=1S/C20H22N2O6/c1-12(19(24)22-16-8-6-15(7-9-16)21-13(2)23)28-17-10-5-14(20(25)27-4)11-18(17)26-3/h5-12H,1-4H3,(H,21,23)(H,22,24)/t12-/m0/s1. The molecule has 8 heteroatoms. The molecule has 0 aliphatic carbocycles. The summed E-state index contributed by atoms with van der Waals surface area (Å²) in [7, 11) is 2.72. The molecule has 2 rings (SSSR count). The molecule has 28 heavy (non-hydrogen) atoms. The Labute approximate surface area is 162 Å². The van der Waals surface area contributed by atoms with Crippen LogP contribution in [0.4, 0.5) is 11.4 Å². The van der Waals surface area contributed by atoms with Crippen molar-refractivity contribution in [2.45, 2.75) is 20.0 Å². The Morgan fingerprint density at radius 3 is 2.04 bits per heavy atom. The van der Waals surface area contributed by atoms with E-state index in [9.17, 15) is 14.4 Å². The van der Waals surface area contributed by atoms with Crippen molar-refractivity contribution in [3.8, 4) is 11.5 Å². The van der Waals surface area contributed by atoms with Crippen LogP contribution in [-0.2, 0) is 14.3 Å². The minimum atomic E-state index is -0.826. The van der Waals surface area contributed by atoms with Gasteiger partial charge in [-0.3, -0.25) is 9.59 Å². The van der Waals surface area contributed by atoms with E-state index < -0.39 is 12.1 Å². The minimum Gasteiger partial charge on any atom is -0.493 e. The second kappa shape index (κ2) is 9.40. The Kier molecular flexibility index (Phi) is 6.97. The number of amides is 2. The van der Waals surface area contributed by atoms with Gasteiger partial charge in [-0.05, 0) is 49.4 Å². The summed E-state index contributed by atoms with van der Waals surface area (Å²) in [4.78, 5) is 35.0. The van der Waals surface area contributed by atoms with Gasteiger partial charge in [0.25, 0.3) is 5.91 Å². The van der Waals surface area contributed by atoms with Gasteiger partial charge in [0.15, 0.2) is 17.6 Å². The number of nitrogens with one attached hydrogen (secondary N) is 2. The normalized spacial score (nSPS) is 11.1. The maximum Gasteiger partial charge on any atom is 0.337 e. The van der Waals surface area contributed by atoms with Gasteiger partial charge in [-0.2, -0.15) is 0 Å². The molecule has 0 fully saturated rings. The lowest BCUT2D eigenvalue weighted by Gasteiger charge is -2.17. The van der Waals surface area contributed by atoms with Crippen LogP contribution in [0, 0.1) is 0 Å². The zero-order valence-electron chi connectivity index (χ0n) is 16.1. The minimum absolute atomic E-state index is 0.175. The Balaban J connectivity index is 2.03. The molecular weight excluding hydrogens is 364 g/mol. The molecular formula is C20H22N2O6. The van der Waals surface area contributed by atoms with Gasteiger partial charge in [0.2, 0.25) is 5.91 Å². The molecule has 0 spiro atoms.